The van der Waals surface area contributed by atoms with Gasteiger partial charge in [-0.15, -0.1) is 0 Å². The molecule has 0 unspecified atom stereocenters. The first kappa shape index (κ1) is 23.0. The number of fused-ring (bicyclic) bond motifs is 3. The number of furan rings is 1. The van der Waals surface area contributed by atoms with Crippen LogP contribution in [0.25, 0.3) is 33.1 Å². The van der Waals surface area contributed by atoms with Gasteiger partial charge in [0.15, 0.2) is 0 Å². The summed E-state index contributed by atoms with van der Waals surface area (Å²) in [6.07, 6.45) is 6.26. The smallest absolute Gasteiger partial charge is 0.340 e. The highest BCUT2D eigenvalue weighted by atomic mass is 16.4. The van der Waals surface area contributed by atoms with Crippen LogP contribution in [0.2, 0.25) is 0 Å². The summed E-state index contributed by atoms with van der Waals surface area (Å²) in [5.74, 6) is 0.0370. The minimum absolute atomic E-state index is 0.00324. The standard InChI is InChI=1S/C30H31NO5/c1-18-22-14-24-25(20-8-4-3-5-9-20)17-35-27(24)19(2)28(22)36-29(33)23(18)15-26(32)31-13-12-30(34)11-7-6-10-21(30)16-31/h3-5,8-9,14,17,21,34H,6-7,10-13,15-16H2,1-2H3/t21-,30-/m0/s1. The van der Waals surface area contributed by atoms with Gasteiger partial charge in [0, 0.05) is 40.9 Å². The number of rotatable bonds is 3. The molecule has 4 aromatic rings. The molecule has 1 saturated heterocycles. The Morgan fingerprint density at radius 1 is 1.08 bits per heavy atom. The Bertz CT molecular complexity index is 1530. The molecule has 1 aliphatic carbocycles. The molecule has 2 fully saturated rings. The monoisotopic (exact) mass is 485 g/mol. The van der Waals surface area contributed by atoms with E-state index >= 15 is 0 Å². The van der Waals surface area contributed by atoms with Gasteiger partial charge in [-0.3, -0.25) is 4.79 Å². The van der Waals surface area contributed by atoms with E-state index in [2.05, 4.69) is 0 Å². The molecule has 0 bridgehead atoms. The predicted molar refractivity (Wildman–Crippen MR) is 139 cm³/mol. The molecule has 36 heavy (non-hydrogen) atoms. The van der Waals surface area contributed by atoms with E-state index in [0.717, 1.165) is 58.7 Å². The van der Waals surface area contributed by atoms with Crippen molar-refractivity contribution in [2.45, 2.75) is 58.0 Å². The van der Waals surface area contributed by atoms with Crippen LogP contribution in [0, 0.1) is 19.8 Å². The molecule has 186 valence electrons. The van der Waals surface area contributed by atoms with Crippen LogP contribution in [-0.2, 0) is 11.2 Å². The molecular formula is C30H31NO5. The average molecular weight is 486 g/mol. The molecule has 6 heteroatoms. The molecule has 3 heterocycles. The molecule has 2 atom stereocenters. The van der Waals surface area contributed by atoms with Crippen molar-refractivity contribution >= 4 is 27.8 Å². The maximum atomic E-state index is 13.3. The van der Waals surface area contributed by atoms with E-state index < -0.39 is 11.2 Å². The Hall–Kier alpha value is -3.38. The topological polar surface area (TPSA) is 83.9 Å². The largest absolute Gasteiger partial charge is 0.463 e. The minimum atomic E-state index is -0.642. The van der Waals surface area contributed by atoms with Crippen LogP contribution in [0.3, 0.4) is 0 Å². The molecule has 1 amide bonds. The van der Waals surface area contributed by atoms with Gasteiger partial charge in [0.1, 0.15) is 11.2 Å². The van der Waals surface area contributed by atoms with E-state index in [1.807, 2.05) is 55.1 Å². The first-order valence-electron chi connectivity index (χ1n) is 12.9. The van der Waals surface area contributed by atoms with Crippen molar-refractivity contribution in [1.29, 1.82) is 0 Å². The number of aryl methyl sites for hydroxylation is 2. The summed E-state index contributed by atoms with van der Waals surface area (Å²) in [5.41, 5.74) is 4.05. The Morgan fingerprint density at radius 3 is 2.69 bits per heavy atom. The van der Waals surface area contributed by atoms with Crippen molar-refractivity contribution in [2.75, 3.05) is 13.1 Å². The predicted octanol–water partition coefficient (Wildman–Crippen LogP) is 5.52. The molecule has 1 aliphatic heterocycles. The van der Waals surface area contributed by atoms with Gasteiger partial charge in [-0.1, -0.05) is 43.2 Å². The van der Waals surface area contributed by atoms with Gasteiger partial charge < -0.3 is 18.8 Å². The van der Waals surface area contributed by atoms with Crippen molar-refractivity contribution in [3.63, 3.8) is 0 Å². The van der Waals surface area contributed by atoms with Crippen molar-refractivity contribution in [3.8, 4) is 11.1 Å². The fraction of sp³-hybridized carbons (Fsp3) is 0.400. The lowest BCUT2D eigenvalue weighted by Crippen LogP contribution is -2.55. The molecule has 6 rings (SSSR count). The molecular weight excluding hydrogens is 454 g/mol. The van der Waals surface area contributed by atoms with Gasteiger partial charge in [0.25, 0.3) is 0 Å². The third kappa shape index (κ3) is 3.66. The van der Waals surface area contributed by atoms with Crippen molar-refractivity contribution < 1.29 is 18.7 Å². The van der Waals surface area contributed by atoms with E-state index in [0.29, 0.717) is 36.2 Å². The molecule has 1 N–H and O–H groups in total. The Morgan fingerprint density at radius 2 is 1.89 bits per heavy atom. The molecule has 1 saturated carbocycles. The van der Waals surface area contributed by atoms with Crippen molar-refractivity contribution in [3.05, 3.63) is 69.8 Å². The highest BCUT2D eigenvalue weighted by Crippen LogP contribution is 2.40. The lowest BCUT2D eigenvalue weighted by Gasteiger charge is -2.47. The van der Waals surface area contributed by atoms with E-state index in [4.69, 9.17) is 8.83 Å². The van der Waals surface area contributed by atoms with Crippen LogP contribution >= 0.6 is 0 Å². The molecule has 2 aliphatic rings. The van der Waals surface area contributed by atoms with E-state index in [1.165, 1.54) is 0 Å². The number of aliphatic hydroxyl groups is 1. The second-order valence-electron chi connectivity index (χ2n) is 10.6. The quantitative estimate of drug-likeness (QED) is 0.386. The highest BCUT2D eigenvalue weighted by Gasteiger charge is 2.43. The number of carbonyl (C=O) groups excluding carboxylic acids is 1. The van der Waals surface area contributed by atoms with Crippen molar-refractivity contribution in [2.24, 2.45) is 5.92 Å². The van der Waals surface area contributed by atoms with Gasteiger partial charge in [0.05, 0.1) is 23.8 Å². The number of benzene rings is 2. The molecule has 6 nitrogen and oxygen atoms in total. The van der Waals surface area contributed by atoms with E-state index in [-0.39, 0.29) is 18.2 Å². The molecule has 2 aromatic carbocycles. The van der Waals surface area contributed by atoms with Gasteiger partial charge in [-0.2, -0.15) is 0 Å². The Kier molecular flexibility index (Phi) is 5.52. The van der Waals surface area contributed by atoms with Crippen LogP contribution in [0.5, 0.6) is 0 Å². The summed E-state index contributed by atoms with van der Waals surface area (Å²) < 4.78 is 11.7. The number of hydrogen-bond donors (Lipinski definition) is 1. The number of hydrogen-bond acceptors (Lipinski definition) is 5. The van der Waals surface area contributed by atoms with Crippen LogP contribution in [0.1, 0.15) is 48.8 Å². The fourth-order valence-electron chi connectivity index (χ4n) is 6.30. The SMILES string of the molecule is Cc1c(CC(=O)N2CC[C@@]3(O)CCCC[C@H]3C2)c(=O)oc2c(C)c3occ(-c4ccccc4)c3cc12. The van der Waals surface area contributed by atoms with E-state index in [9.17, 15) is 14.7 Å². The number of carbonyl (C=O) groups is 1. The number of amides is 1. The highest BCUT2D eigenvalue weighted by molar-refractivity contribution is 6.05. The summed E-state index contributed by atoms with van der Waals surface area (Å²) >= 11 is 0. The summed E-state index contributed by atoms with van der Waals surface area (Å²) in [4.78, 5) is 28.2. The van der Waals surface area contributed by atoms with Gasteiger partial charge in [-0.05, 0) is 50.3 Å². The average Bonchev–Trinajstić information content (AvgIpc) is 3.31. The summed E-state index contributed by atoms with van der Waals surface area (Å²) in [5, 5.41) is 12.7. The summed E-state index contributed by atoms with van der Waals surface area (Å²) in [6.45, 7) is 4.88. The Labute approximate surface area is 209 Å². The van der Waals surface area contributed by atoms with Gasteiger partial charge in [0.2, 0.25) is 5.91 Å². The van der Waals surface area contributed by atoms with Crippen LogP contribution in [0.15, 0.2) is 56.3 Å². The van der Waals surface area contributed by atoms with E-state index in [1.54, 1.807) is 6.26 Å². The molecule has 0 spiro atoms. The first-order valence-corrected chi connectivity index (χ1v) is 12.9. The third-order valence-electron chi connectivity index (χ3n) is 8.53. The Balaban J connectivity index is 1.37. The maximum absolute atomic E-state index is 13.3. The number of piperidine rings is 1. The van der Waals surface area contributed by atoms with Crippen LogP contribution < -0.4 is 5.63 Å². The van der Waals surface area contributed by atoms with Crippen LogP contribution in [-0.4, -0.2) is 34.6 Å². The minimum Gasteiger partial charge on any atom is -0.463 e. The molecule has 0 radical (unpaired) electrons. The lowest BCUT2D eigenvalue weighted by atomic mass is 9.71. The number of likely N-dealkylation sites (tertiary alicyclic amines) is 1. The first-order chi connectivity index (χ1) is 17.4. The third-order valence-corrected chi connectivity index (χ3v) is 8.53. The fourth-order valence-corrected chi connectivity index (χ4v) is 6.30. The van der Waals surface area contributed by atoms with Crippen molar-refractivity contribution in [1.82, 2.24) is 4.90 Å². The maximum Gasteiger partial charge on any atom is 0.340 e. The molecule has 2 aromatic heterocycles. The zero-order chi connectivity index (χ0) is 25.0. The van der Waals surface area contributed by atoms with Gasteiger partial charge >= 0.3 is 5.63 Å². The lowest BCUT2D eigenvalue weighted by molar-refractivity contribution is -0.142. The second kappa shape index (κ2) is 8.63. The summed E-state index contributed by atoms with van der Waals surface area (Å²) in [7, 11) is 0. The zero-order valence-corrected chi connectivity index (χ0v) is 20.8. The number of nitrogens with zero attached hydrogens (tertiary/aromatic N) is 1. The van der Waals surface area contributed by atoms with Gasteiger partial charge in [-0.25, -0.2) is 4.79 Å². The summed E-state index contributed by atoms with van der Waals surface area (Å²) in [6, 6.07) is 12.1. The van der Waals surface area contributed by atoms with Crippen LogP contribution in [0.4, 0.5) is 0 Å². The zero-order valence-electron chi connectivity index (χ0n) is 20.8. The normalized spacial score (nSPS) is 22.2. The second-order valence-corrected chi connectivity index (χ2v) is 10.6.